The molecule has 5 rings (SSSR count). The summed E-state index contributed by atoms with van der Waals surface area (Å²) < 4.78 is 0. The molecule has 0 saturated carbocycles. The molecule has 0 aliphatic carbocycles. The summed E-state index contributed by atoms with van der Waals surface area (Å²) in [5.74, 6) is 0. The van der Waals surface area contributed by atoms with Gasteiger partial charge in [0.2, 0.25) is 0 Å². The Balaban J connectivity index is 1.51. The fourth-order valence-electron chi connectivity index (χ4n) is 4.40. The Hall–Kier alpha value is -3.10. The summed E-state index contributed by atoms with van der Waals surface area (Å²) in [6.07, 6.45) is 4.43. The molecule has 1 heterocycles. The Bertz CT molecular complexity index is 1250. The molecule has 4 aromatic rings. The van der Waals surface area contributed by atoms with Crippen molar-refractivity contribution >= 4 is 47.1 Å². The molecular formula is C26H23NSi. The highest BCUT2D eigenvalue weighted by Crippen LogP contribution is 2.29. The fraction of sp³-hybridized carbons (Fsp3) is 0.0769. The molecule has 0 spiro atoms. The molecular weight excluding hydrogens is 354 g/mol. The highest BCUT2D eigenvalue weighted by atomic mass is 28.3. The van der Waals surface area contributed by atoms with Gasteiger partial charge in [-0.1, -0.05) is 85.9 Å². The average molecular weight is 378 g/mol. The molecule has 136 valence electrons. The van der Waals surface area contributed by atoms with Crippen LogP contribution in [0.1, 0.15) is 11.1 Å². The van der Waals surface area contributed by atoms with Crippen LogP contribution in [-0.4, -0.2) is 8.07 Å². The van der Waals surface area contributed by atoms with E-state index >= 15 is 0 Å². The molecule has 1 nitrogen and oxygen atoms in total. The van der Waals surface area contributed by atoms with Crippen molar-refractivity contribution in [2.24, 2.45) is 0 Å². The molecule has 0 amide bonds. The van der Waals surface area contributed by atoms with Crippen molar-refractivity contribution in [3.63, 3.8) is 0 Å². The van der Waals surface area contributed by atoms with E-state index in [9.17, 15) is 0 Å². The van der Waals surface area contributed by atoms with Crippen LogP contribution >= 0.6 is 0 Å². The maximum Gasteiger partial charge on any atom is 0.113 e. The maximum atomic E-state index is 5.88. The molecule has 2 N–H and O–H groups in total. The first-order valence-electron chi connectivity index (χ1n) is 9.74. The SMILES string of the molecule is C[Si]1(C)c2ccccc2-c2ccc(/C=C/c3ccc4cc(N)ccc4c3)cc21. The summed E-state index contributed by atoms with van der Waals surface area (Å²) in [4.78, 5) is 0. The van der Waals surface area contributed by atoms with Gasteiger partial charge in [0.1, 0.15) is 8.07 Å². The van der Waals surface area contributed by atoms with E-state index in [2.05, 4.69) is 92.0 Å². The van der Waals surface area contributed by atoms with E-state index < -0.39 is 8.07 Å². The van der Waals surface area contributed by atoms with Gasteiger partial charge < -0.3 is 5.73 Å². The molecule has 1 aliphatic rings. The van der Waals surface area contributed by atoms with Gasteiger partial charge in [0.05, 0.1) is 0 Å². The molecule has 0 fully saturated rings. The van der Waals surface area contributed by atoms with Crippen molar-refractivity contribution in [3.8, 4) is 11.1 Å². The van der Waals surface area contributed by atoms with Gasteiger partial charge in [0, 0.05) is 5.69 Å². The lowest BCUT2D eigenvalue weighted by Crippen LogP contribution is -2.49. The lowest BCUT2D eigenvalue weighted by Gasteiger charge is -2.18. The van der Waals surface area contributed by atoms with Crippen LogP contribution in [0.4, 0.5) is 5.69 Å². The zero-order valence-electron chi connectivity index (χ0n) is 16.2. The first-order chi connectivity index (χ1) is 13.5. The van der Waals surface area contributed by atoms with Gasteiger partial charge >= 0.3 is 0 Å². The number of rotatable bonds is 2. The Labute approximate surface area is 167 Å². The third-order valence-electron chi connectivity index (χ3n) is 5.96. The van der Waals surface area contributed by atoms with Crippen LogP contribution in [0.2, 0.25) is 13.1 Å². The molecule has 1 aliphatic heterocycles. The number of fused-ring (bicyclic) bond motifs is 4. The van der Waals surface area contributed by atoms with Crippen molar-refractivity contribution in [1.82, 2.24) is 0 Å². The summed E-state index contributed by atoms with van der Waals surface area (Å²) in [5.41, 5.74) is 12.0. The molecule has 4 aromatic carbocycles. The van der Waals surface area contributed by atoms with Crippen LogP contribution in [0.15, 0.2) is 78.9 Å². The largest absolute Gasteiger partial charge is 0.399 e. The predicted octanol–water partition coefficient (Wildman–Crippen LogP) is 5.40. The van der Waals surface area contributed by atoms with Crippen molar-refractivity contribution < 1.29 is 0 Å². The number of anilines is 1. The monoisotopic (exact) mass is 377 g/mol. The van der Waals surface area contributed by atoms with Crippen molar-refractivity contribution in [2.45, 2.75) is 13.1 Å². The third kappa shape index (κ3) is 2.69. The molecule has 28 heavy (non-hydrogen) atoms. The van der Waals surface area contributed by atoms with E-state index in [0.717, 1.165) is 5.69 Å². The summed E-state index contributed by atoms with van der Waals surface area (Å²) in [7, 11) is -1.61. The third-order valence-corrected chi connectivity index (χ3v) is 9.51. The van der Waals surface area contributed by atoms with Gasteiger partial charge in [0.15, 0.2) is 0 Å². The highest BCUT2D eigenvalue weighted by molar-refractivity contribution is 7.03. The number of hydrogen-bond acceptors (Lipinski definition) is 1. The molecule has 0 unspecified atom stereocenters. The van der Waals surface area contributed by atoms with Gasteiger partial charge in [0.25, 0.3) is 0 Å². The van der Waals surface area contributed by atoms with Crippen molar-refractivity contribution in [1.29, 1.82) is 0 Å². The molecule has 0 radical (unpaired) electrons. The normalized spacial score (nSPS) is 14.4. The lowest BCUT2D eigenvalue weighted by atomic mass is 10.0. The van der Waals surface area contributed by atoms with E-state index in [-0.39, 0.29) is 0 Å². The fourth-order valence-corrected chi connectivity index (χ4v) is 7.52. The lowest BCUT2D eigenvalue weighted by molar-refractivity contribution is 1.67. The number of nitrogen functional groups attached to an aromatic ring is 1. The second kappa shape index (κ2) is 6.22. The van der Waals surface area contributed by atoms with Gasteiger partial charge in [-0.25, -0.2) is 0 Å². The predicted molar refractivity (Wildman–Crippen MR) is 126 cm³/mol. The van der Waals surface area contributed by atoms with E-state index in [1.807, 2.05) is 12.1 Å². The number of nitrogens with two attached hydrogens (primary N) is 1. The smallest absolute Gasteiger partial charge is 0.113 e. The Morgan fingerprint density at radius 3 is 2.14 bits per heavy atom. The van der Waals surface area contributed by atoms with Crippen LogP contribution in [-0.2, 0) is 0 Å². The molecule has 0 aromatic heterocycles. The Morgan fingerprint density at radius 2 is 1.29 bits per heavy atom. The zero-order chi connectivity index (χ0) is 19.3. The first kappa shape index (κ1) is 17.0. The van der Waals surface area contributed by atoms with Gasteiger partial charge in [-0.3, -0.25) is 0 Å². The van der Waals surface area contributed by atoms with Crippen LogP contribution in [0.3, 0.4) is 0 Å². The zero-order valence-corrected chi connectivity index (χ0v) is 17.2. The van der Waals surface area contributed by atoms with Gasteiger partial charge in [-0.15, -0.1) is 0 Å². The van der Waals surface area contributed by atoms with E-state index in [1.165, 1.54) is 33.0 Å². The second-order valence-electron chi connectivity index (χ2n) is 8.17. The second-order valence-corrected chi connectivity index (χ2v) is 12.5. The molecule has 0 atom stereocenters. The number of benzene rings is 4. The summed E-state index contributed by atoms with van der Waals surface area (Å²) >= 11 is 0. The molecule has 2 heteroatoms. The quantitative estimate of drug-likeness (QED) is 0.283. The summed E-state index contributed by atoms with van der Waals surface area (Å²) in [5, 5.41) is 5.50. The van der Waals surface area contributed by atoms with E-state index in [4.69, 9.17) is 5.73 Å². The average Bonchev–Trinajstić information content (AvgIpc) is 2.94. The van der Waals surface area contributed by atoms with E-state index in [1.54, 1.807) is 10.4 Å². The highest BCUT2D eigenvalue weighted by Gasteiger charge is 2.36. The van der Waals surface area contributed by atoms with Crippen molar-refractivity contribution in [2.75, 3.05) is 5.73 Å². The van der Waals surface area contributed by atoms with Crippen LogP contribution in [0.25, 0.3) is 34.1 Å². The Kier molecular flexibility index (Phi) is 3.78. The number of hydrogen-bond donors (Lipinski definition) is 1. The first-order valence-corrected chi connectivity index (χ1v) is 12.7. The van der Waals surface area contributed by atoms with Crippen LogP contribution < -0.4 is 16.1 Å². The standard InChI is InChI=1S/C26H23NSi/c1-28(2)25-6-4-3-5-23(25)24-14-10-19(16-26(24)28)8-7-18-9-11-21-17-22(27)13-12-20(21)15-18/h3-17H,27H2,1-2H3/b8-7+. The van der Waals surface area contributed by atoms with Crippen molar-refractivity contribution in [3.05, 3.63) is 90.0 Å². The Morgan fingerprint density at radius 1 is 0.643 bits per heavy atom. The topological polar surface area (TPSA) is 26.0 Å². The summed E-state index contributed by atoms with van der Waals surface area (Å²) in [6.45, 7) is 4.92. The van der Waals surface area contributed by atoms with Crippen LogP contribution in [0, 0.1) is 0 Å². The van der Waals surface area contributed by atoms with Crippen LogP contribution in [0.5, 0.6) is 0 Å². The van der Waals surface area contributed by atoms with Gasteiger partial charge in [-0.2, -0.15) is 0 Å². The maximum absolute atomic E-state index is 5.88. The van der Waals surface area contributed by atoms with Gasteiger partial charge in [-0.05, 0) is 61.6 Å². The minimum atomic E-state index is -1.61. The molecule has 0 saturated heterocycles. The summed E-state index contributed by atoms with van der Waals surface area (Å²) in [6, 6.07) is 28.4. The van der Waals surface area contributed by atoms with E-state index in [0.29, 0.717) is 0 Å². The molecule has 0 bridgehead atoms. The minimum absolute atomic E-state index is 0.807. The minimum Gasteiger partial charge on any atom is -0.399 e.